The normalized spacial score (nSPS) is 20.3. The van der Waals surface area contributed by atoms with Crippen LogP contribution in [0.2, 0.25) is 0 Å². The molecule has 2 aromatic carbocycles. The van der Waals surface area contributed by atoms with Crippen molar-refractivity contribution in [3.8, 4) is 45.1 Å². The van der Waals surface area contributed by atoms with Gasteiger partial charge in [-0.1, -0.05) is 12.1 Å². The molecule has 4 saturated heterocycles. The molecule has 18 heteroatoms. The standard InChI is InChI=1S/C48H64N8O10/c1-60-22-24-65-40-26-32(36-28-50-44(52-36)38-6-4-16-55(38)46(57)42(49)30-12-18-63-19-13-30)8-10-34(40)35-11-9-33(27-41(35)66-25-23-61-2)37-29-51-45(53-37)39-7-5-17-56(39)47(58)43(54-48(59)62-3)31-14-20-64-21-15-31/h8-11,26-31,38-39,42-43H,4-7,12-25,49H2,1-3H3,(H,50,52)(H,51,53)(H,54,59)/t38-,39-,42-,43-/m0/s1. The number of carbonyl (C=O) groups is 3. The number of aromatic nitrogens is 4. The highest BCUT2D eigenvalue weighted by Crippen LogP contribution is 2.42. The number of aromatic amines is 2. The first-order chi connectivity index (χ1) is 32.3. The number of carbonyl (C=O) groups excluding carboxylic acids is 3. The molecule has 4 aliphatic rings. The minimum Gasteiger partial charge on any atom is -0.491 e. The molecule has 0 unspecified atom stereocenters. The molecule has 4 atom stereocenters. The second-order valence-electron chi connectivity index (χ2n) is 17.4. The molecule has 4 aromatic rings. The minimum atomic E-state index is -0.725. The second-order valence-corrected chi connectivity index (χ2v) is 17.4. The molecule has 5 N–H and O–H groups in total. The van der Waals surface area contributed by atoms with E-state index in [2.05, 4.69) is 15.3 Å². The number of imidazole rings is 2. The van der Waals surface area contributed by atoms with E-state index in [9.17, 15) is 14.4 Å². The molecule has 0 spiro atoms. The fourth-order valence-corrected chi connectivity index (χ4v) is 9.73. The number of rotatable bonds is 18. The molecular formula is C48H64N8O10. The summed E-state index contributed by atoms with van der Waals surface area (Å²) >= 11 is 0. The van der Waals surface area contributed by atoms with Crippen molar-refractivity contribution in [2.24, 2.45) is 17.6 Å². The van der Waals surface area contributed by atoms with Crippen molar-refractivity contribution in [1.29, 1.82) is 0 Å². The highest BCUT2D eigenvalue weighted by Gasteiger charge is 2.41. The van der Waals surface area contributed by atoms with Crippen LogP contribution in [0.25, 0.3) is 33.6 Å². The van der Waals surface area contributed by atoms with E-state index < -0.39 is 18.2 Å². The quantitative estimate of drug-likeness (QED) is 0.0919. The van der Waals surface area contributed by atoms with Gasteiger partial charge in [0.25, 0.3) is 0 Å². The Morgan fingerprint density at radius 2 is 1.18 bits per heavy atom. The Bertz CT molecular complexity index is 2250. The summed E-state index contributed by atoms with van der Waals surface area (Å²) in [5.41, 5.74) is 11.4. The lowest BCUT2D eigenvalue weighted by Gasteiger charge is -2.34. The molecule has 356 valence electrons. The number of nitrogens with one attached hydrogen (secondary N) is 3. The predicted molar refractivity (Wildman–Crippen MR) is 244 cm³/mol. The molecule has 4 aliphatic heterocycles. The number of nitrogens with two attached hydrogens (primary N) is 1. The van der Waals surface area contributed by atoms with Gasteiger partial charge in [0, 0.05) is 76.0 Å². The molecule has 2 aromatic heterocycles. The van der Waals surface area contributed by atoms with Crippen molar-refractivity contribution in [3.63, 3.8) is 0 Å². The molecule has 66 heavy (non-hydrogen) atoms. The Labute approximate surface area is 385 Å². The smallest absolute Gasteiger partial charge is 0.407 e. The maximum Gasteiger partial charge on any atom is 0.407 e. The summed E-state index contributed by atoms with van der Waals surface area (Å²) < 4.78 is 39.5. The van der Waals surface area contributed by atoms with E-state index in [1.807, 2.05) is 46.2 Å². The van der Waals surface area contributed by atoms with Gasteiger partial charge in [-0.25, -0.2) is 14.8 Å². The summed E-state index contributed by atoms with van der Waals surface area (Å²) in [6.07, 6.45) is 9.09. The Morgan fingerprint density at radius 3 is 1.67 bits per heavy atom. The third kappa shape index (κ3) is 10.7. The summed E-state index contributed by atoms with van der Waals surface area (Å²) in [6.45, 7) is 4.94. The molecule has 8 rings (SSSR count). The molecule has 6 heterocycles. The van der Waals surface area contributed by atoms with E-state index in [0.29, 0.717) is 96.1 Å². The number of alkyl carbamates (subject to hydrolysis) is 1. The summed E-state index contributed by atoms with van der Waals surface area (Å²) in [5, 5.41) is 2.82. The topological polar surface area (TPSA) is 218 Å². The van der Waals surface area contributed by atoms with Crippen LogP contribution in [0.3, 0.4) is 0 Å². The van der Waals surface area contributed by atoms with Gasteiger partial charge in [0.1, 0.15) is 42.4 Å². The molecule has 4 fully saturated rings. The van der Waals surface area contributed by atoms with Gasteiger partial charge in [0.2, 0.25) is 11.8 Å². The van der Waals surface area contributed by atoms with Crippen LogP contribution < -0.4 is 20.5 Å². The zero-order valence-corrected chi connectivity index (χ0v) is 38.3. The number of hydrogen-bond donors (Lipinski definition) is 4. The van der Waals surface area contributed by atoms with Crippen molar-refractivity contribution in [1.82, 2.24) is 35.1 Å². The Morgan fingerprint density at radius 1 is 0.697 bits per heavy atom. The van der Waals surface area contributed by atoms with Crippen molar-refractivity contribution in [2.75, 3.05) is 87.3 Å². The first-order valence-electron chi connectivity index (χ1n) is 23.3. The maximum absolute atomic E-state index is 14.2. The molecule has 18 nitrogen and oxygen atoms in total. The summed E-state index contributed by atoms with van der Waals surface area (Å²) in [5.74, 6) is 2.52. The lowest BCUT2D eigenvalue weighted by molar-refractivity contribution is -0.137. The Balaban J connectivity index is 1.04. The highest BCUT2D eigenvalue weighted by molar-refractivity contribution is 5.87. The number of methoxy groups -OCH3 is 3. The fraction of sp³-hybridized carbons (Fsp3) is 0.562. The summed E-state index contributed by atoms with van der Waals surface area (Å²) in [7, 11) is 4.57. The van der Waals surface area contributed by atoms with E-state index in [1.54, 1.807) is 26.6 Å². The highest BCUT2D eigenvalue weighted by atomic mass is 16.5. The average Bonchev–Trinajstić information content (AvgIpc) is 4.21. The summed E-state index contributed by atoms with van der Waals surface area (Å²) in [6, 6.07) is 10.2. The number of amides is 3. The van der Waals surface area contributed by atoms with Crippen LogP contribution in [0, 0.1) is 11.8 Å². The molecule has 0 saturated carbocycles. The van der Waals surface area contributed by atoms with Gasteiger partial charge in [0.05, 0.1) is 62.2 Å². The minimum absolute atomic E-state index is 0.0267. The van der Waals surface area contributed by atoms with Crippen LogP contribution in [0.1, 0.15) is 75.1 Å². The zero-order chi connectivity index (χ0) is 46.0. The van der Waals surface area contributed by atoms with Crippen LogP contribution in [0.15, 0.2) is 48.8 Å². The number of ether oxygens (including phenoxy) is 7. The first-order valence-corrected chi connectivity index (χ1v) is 23.3. The first kappa shape index (κ1) is 47.0. The van der Waals surface area contributed by atoms with Crippen LogP contribution >= 0.6 is 0 Å². The Kier molecular flexibility index (Phi) is 15.9. The monoisotopic (exact) mass is 912 g/mol. The lowest BCUT2D eigenvalue weighted by atomic mass is 9.90. The maximum atomic E-state index is 14.2. The average molecular weight is 913 g/mol. The van der Waals surface area contributed by atoms with Gasteiger partial charge < -0.3 is 64.0 Å². The SMILES string of the molecule is COCCOc1cc(-c2cnc([C@@H]3CCCN3C(=O)[C@@H](N)C3CCOCC3)[nH]2)ccc1-c1ccc(-c2cnc([C@@H]3CCCN3C(=O)[C@@H](NC(=O)OC)C3CCOCC3)[nH]2)cc1OCCOC. The number of H-pyrrole nitrogens is 2. The Hall–Kier alpha value is -5.53. The summed E-state index contributed by atoms with van der Waals surface area (Å²) in [4.78, 5) is 60.6. The van der Waals surface area contributed by atoms with E-state index in [0.717, 1.165) is 78.0 Å². The van der Waals surface area contributed by atoms with E-state index in [1.165, 1.54) is 7.11 Å². The molecule has 0 aliphatic carbocycles. The number of benzene rings is 2. The fourth-order valence-electron chi connectivity index (χ4n) is 9.73. The van der Waals surface area contributed by atoms with Crippen molar-refractivity contribution in [3.05, 3.63) is 60.4 Å². The van der Waals surface area contributed by atoms with Crippen molar-refractivity contribution in [2.45, 2.75) is 75.5 Å². The van der Waals surface area contributed by atoms with Gasteiger partial charge in [-0.15, -0.1) is 0 Å². The van der Waals surface area contributed by atoms with E-state index in [-0.39, 0.29) is 35.7 Å². The van der Waals surface area contributed by atoms with Crippen molar-refractivity contribution >= 4 is 17.9 Å². The third-order valence-corrected chi connectivity index (χ3v) is 13.4. The molecular weight excluding hydrogens is 849 g/mol. The lowest BCUT2D eigenvalue weighted by Crippen LogP contribution is -2.53. The van der Waals surface area contributed by atoms with Crippen molar-refractivity contribution < 1.29 is 47.5 Å². The zero-order valence-electron chi connectivity index (χ0n) is 38.3. The van der Waals surface area contributed by atoms with Crippen LogP contribution in [-0.4, -0.2) is 147 Å². The molecule has 3 amide bonds. The van der Waals surface area contributed by atoms with Crippen LogP contribution in [-0.2, 0) is 33.3 Å². The van der Waals surface area contributed by atoms with Gasteiger partial charge in [0.15, 0.2) is 0 Å². The molecule has 0 bridgehead atoms. The second kappa shape index (κ2) is 22.3. The third-order valence-electron chi connectivity index (χ3n) is 13.4. The van der Waals surface area contributed by atoms with Gasteiger partial charge in [-0.05, 0) is 87.5 Å². The van der Waals surface area contributed by atoms with Gasteiger partial charge in [-0.2, -0.15) is 0 Å². The number of likely N-dealkylation sites (tertiary alicyclic amines) is 2. The number of nitrogens with zero attached hydrogens (tertiary/aromatic N) is 4. The number of hydrogen-bond acceptors (Lipinski definition) is 13. The van der Waals surface area contributed by atoms with Gasteiger partial charge in [-0.3, -0.25) is 9.59 Å². The largest absolute Gasteiger partial charge is 0.491 e. The van der Waals surface area contributed by atoms with E-state index in [4.69, 9.17) is 48.9 Å². The molecule has 0 radical (unpaired) electrons. The van der Waals surface area contributed by atoms with E-state index >= 15 is 0 Å². The van der Waals surface area contributed by atoms with Crippen LogP contribution in [0.5, 0.6) is 11.5 Å². The predicted octanol–water partition coefficient (Wildman–Crippen LogP) is 5.42. The van der Waals surface area contributed by atoms with Crippen LogP contribution in [0.4, 0.5) is 4.79 Å². The van der Waals surface area contributed by atoms with Gasteiger partial charge >= 0.3 is 6.09 Å².